The van der Waals surface area contributed by atoms with Crippen LogP contribution in [0.4, 0.5) is 0 Å². The molecule has 6 N–H and O–H groups in total. The number of nitrogens with two attached hydrogens (primary N) is 2. The molecule has 0 bridgehead atoms. The summed E-state index contributed by atoms with van der Waals surface area (Å²) < 4.78 is 12.0. The summed E-state index contributed by atoms with van der Waals surface area (Å²) in [7, 11) is 0. The van der Waals surface area contributed by atoms with E-state index in [-0.39, 0.29) is 23.9 Å². The Balaban J connectivity index is 1.47. The average molecular weight is 353 g/mol. The van der Waals surface area contributed by atoms with Gasteiger partial charge in [0.2, 0.25) is 0 Å². The second-order valence-corrected chi connectivity index (χ2v) is 6.37. The van der Waals surface area contributed by atoms with E-state index in [4.69, 9.17) is 31.8 Å². The highest BCUT2D eigenvalue weighted by Gasteiger charge is 2.23. The van der Waals surface area contributed by atoms with Crippen molar-refractivity contribution in [2.45, 2.75) is 37.9 Å². The van der Waals surface area contributed by atoms with Crippen molar-refractivity contribution < 1.29 is 9.47 Å². The van der Waals surface area contributed by atoms with Crippen molar-refractivity contribution in [3.8, 4) is 11.5 Å². The fraction of sp³-hybridized carbons (Fsp3) is 0.316. The number of rotatable bonds is 6. The second-order valence-electron chi connectivity index (χ2n) is 6.37. The van der Waals surface area contributed by atoms with Gasteiger partial charge in [-0.1, -0.05) is 0 Å². The van der Waals surface area contributed by atoms with Crippen molar-refractivity contribution in [3.63, 3.8) is 0 Å². The maximum atomic E-state index is 7.41. The van der Waals surface area contributed by atoms with Crippen molar-refractivity contribution in [1.82, 2.24) is 4.98 Å². The van der Waals surface area contributed by atoms with Crippen molar-refractivity contribution >= 4 is 11.7 Å². The van der Waals surface area contributed by atoms with Crippen LogP contribution in [0.5, 0.6) is 11.5 Å². The number of amidine groups is 2. The van der Waals surface area contributed by atoms with E-state index in [9.17, 15) is 0 Å². The number of benzene rings is 1. The highest BCUT2D eigenvalue weighted by atomic mass is 16.5. The first kappa shape index (κ1) is 17.7. The summed E-state index contributed by atoms with van der Waals surface area (Å²) in [6, 6.07) is 10.8. The predicted molar refractivity (Wildman–Crippen MR) is 100 cm³/mol. The molecule has 0 atom stereocenters. The molecular formula is C19H23N5O2. The van der Waals surface area contributed by atoms with E-state index < -0.39 is 0 Å². The van der Waals surface area contributed by atoms with Crippen LogP contribution >= 0.6 is 0 Å². The van der Waals surface area contributed by atoms with E-state index in [0.717, 1.165) is 31.4 Å². The molecule has 1 aliphatic carbocycles. The van der Waals surface area contributed by atoms with Crippen LogP contribution in [0.1, 0.15) is 36.9 Å². The van der Waals surface area contributed by atoms with Gasteiger partial charge in [0.25, 0.3) is 0 Å². The molecule has 3 rings (SSSR count). The Morgan fingerprint density at radius 2 is 1.35 bits per heavy atom. The summed E-state index contributed by atoms with van der Waals surface area (Å²) in [4.78, 5) is 4.11. The summed E-state index contributed by atoms with van der Waals surface area (Å²) in [5, 5.41) is 14.8. The molecule has 2 aromatic rings. The van der Waals surface area contributed by atoms with Gasteiger partial charge in [-0.15, -0.1) is 0 Å². The van der Waals surface area contributed by atoms with Crippen LogP contribution in [-0.2, 0) is 0 Å². The Hall–Kier alpha value is -3.09. The number of aromatic nitrogens is 1. The molecule has 7 nitrogen and oxygen atoms in total. The minimum atomic E-state index is -0.0504. The normalized spacial score (nSPS) is 19.5. The van der Waals surface area contributed by atoms with Gasteiger partial charge in [-0.25, -0.2) is 4.98 Å². The van der Waals surface area contributed by atoms with Crippen LogP contribution in [0.2, 0.25) is 0 Å². The van der Waals surface area contributed by atoms with Crippen LogP contribution in [0.15, 0.2) is 42.6 Å². The number of nitrogens with zero attached hydrogens (tertiary/aromatic N) is 1. The van der Waals surface area contributed by atoms with Crippen LogP contribution in [0.25, 0.3) is 0 Å². The Labute approximate surface area is 152 Å². The molecule has 7 heteroatoms. The van der Waals surface area contributed by atoms with E-state index >= 15 is 0 Å². The zero-order valence-corrected chi connectivity index (χ0v) is 14.4. The summed E-state index contributed by atoms with van der Waals surface area (Å²) >= 11 is 0. The molecule has 1 aliphatic rings. The molecule has 0 aliphatic heterocycles. The fourth-order valence-corrected chi connectivity index (χ4v) is 2.98. The first-order chi connectivity index (χ1) is 12.5. The van der Waals surface area contributed by atoms with Gasteiger partial charge < -0.3 is 20.9 Å². The molecular weight excluding hydrogens is 330 g/mol. The molecule has 1 aromatic heterocycles. The Kier molecular flexibility index (Phi) is 5.36. The van der Waals surface area contributed by atoms with Gasteiger partial charge in [-0.05, 0) is 62.1 Å². The molecule has 1 aromatic carbocycles. The van der Waals surface area contributed by atoms with Gasteiger partial charge >= 0.3 is 0 Å². The molecule has 0 saturated heterocycles. The maximum absolute atomic E-state index is 7.41. The fourth-order valence-electron chi connectivity index (χ4n) is 2.98. The van der Waals surface area contributed by atoms with E-state index in [1.54, 1.807) is 30.5 Å². The number of hydrogen-bond acceptors (Lipinski definition) is 5. The Morgan fingerprint density at radius 1 is 0.808 bits per heavy atom. The molecule has 136 valence electrons. The Bertz CT molecular complexity index is 698. The lowest BCUT2D eigenvalue weighted by atomic mass is 9.95. The molecule has 26 heavy (non-hydrogen) atoms. The highest BCUT2D eigenvalue weighted by molar-refractivity contribution is 5.95. The molecule has 1 saturated carbocycles. The van der Waals surface area contributed by atoms with Crippen LogP contribution in [-0.4, -0.2) is 28.9 Å². The van der Waals surface area contributed by atoms with Crippen LogP contribution in [0.3, 0.4) is 0 Å². The third-order valence-corrected chi connectivity index (χ3v) is 4.40. The van der Waals surface area contributed by atoms with Gasteiger partial charge in [0.1, 0.15) is 28.9 Å². The second kappa shape index (κ2) is 7.86. The standard InChI is InChI=1S/C19H23N5O2/c20-18(21)12-1-3-13(4-2-12)25-14-5-7-15(8-6-14)26-16-9-10-17(19(22)23)24-11-16/h1-4,9-11,14-15H,5-8H2,(H3,20,21)(H3,22,23)/t14-,15-. The van der Waals surface area contributed by atoms with Gasteiger partial charge in [0, 0.05) is 5.56 Å². The number of hydrogen-bond donors (Lipinski definition) is 4. The van der Waals surface area contributed by atoms with E-state index in [2.05, 4.69) is 4.98 Å². The van der Waals surface area contributed by atoms with Crippen molar-refractivity contribution in [2.24, 2.45) is 11.5 Å². The van der Waals surface area contributed by atoms with Gasteiger partial charge in [0.05, 0.1) is 18.4 Å². The zero-order valence-electron chi connectivity index (χ0n) is 14.4. The number of pyridine rings is 1. The lowest BCUT2D eigenvalue weighted by molar-refractivity contribution is 0.0804. The lowest BCUT2D eigenvalue weighted by Crippen LogP contribution is -2.30. The average Bonchev–Trinajstić information content (AvgIpc) is 2.64. The Morgan fingerprint density at radius 3 is 1.81 bits per heavy atom. The summed E-state index contributed by atoms with van der Waals surface area (Å²) in [6.45, 7) is 0. The van der Waals surface area contributed by atoms with Crippen LogP contribution in [0, 0.1) is 10.8 Å². The number of ether oxygens (including phenoxy) is 2. The quantitative estimate of drug-likeness (QED) is 0.468. The molecule has 1 fully saturated rings. The first-order valence-electron chi connectivity index (χ1n) is 8.59. The first-order valence-corrected chi connectivity index (χ1v) is 8.59. The van der Waals surface area contributed by atoms with E-state index in [1.165, 1.54) is 0 Å². The minimum absolute atomic E-state index is 0.0504. The van der Waals surface area contributed by atoms with Gasteiger partial charge in [-0.3, -0.25) is 10.8 Å². The SMILES string of the molecule is N=C(N)c1ccc(O[C@H]2CC[C@H](Oc3ccc(C(=N)N)nc3)CC2)cc1. The lowest BCUT2D eigenvalue weighted by Gasteiger charge is -2.29. The van der Waals surface area contributed by atoms with Gasteiger partial charge in [0.15, 0.2) is 0 Å². The third-order valence-electron chi connectivity index (χ3n) is 4.40. The largest absolute Gasteiger partial charge is 0.490 e. The summed E-state index contributed by atoms with van der Waals surface area (Å²) in [5.41, 5.74) is 12.0. The molecule has 0 radical (unpaired) electrons. The molecule has 0 unspecified atom stereocenters. The van der Waals surface area contributed by atoms with Crippen molar-refractivity contribution in [3.05, 3.63) is 53.9 Å². The van der Waals surface area contributed by atoms with E-state index in [1.807, 2.05) is 12.1 Å². The highest BCUT2D eigenvalue weighted by Crippen LogP contribution is 2.27. The van der Waals surface area contributed by atoms with Gasteiger partial charge in [-0.2, -0.15) is 0 Å². The number of nitrogens with one attached hydrogen (secondary N) is 2. The topological polar surface area (TPSA) is 131 Å². The van der Waals surface area contributed by atoms with Crippen molar-refractivity contribution in [2.75, 3.05) is 0 Å². The summed E-state index contributed by atoms with van der Waals surface area (Å²) in [5.74, 6) is 1.49. The maximum Gasteiger partial charge on any atom is 0.141 e. The number of nitrogen functional groups attached to an aromatic ring is 2. The zero-order chi connectivity index (χ0) is 18.5. The minimum Gasteiger partial charge on any atom is -0.490 e. The molecule has 0 amide bonds. The third kappa shape index (κ3) is 4.50. The van der Waals surface area contributed by atoms with E-state index in [0.29, 0.717) is 17.0 Å². The van der Waals surface area contributed by atoms with Crippen molar-refractivity contribution in [1.29, 1.82) is 10.8 Å². The molecule has 1 heterocycles. The smallest absolute Gasteiger partial charge is 0.141 e. The molecule has 0 spiro atoms. The summed E-state index contributed by atoms with van der Waals surface area (Å²) in [6.07, 6.45) is 5.55. The van der Waals surface area contributed by atoms with Crippen LogP contribution < -0.4 is 20.9 Å². The monoisotopic (exact) mass is 353 g/mol. The predicted octanol–water partition coefficient (Wildman–Crippen LogP) is 2.42.